The van der Waals surface area contributed by atoms with Gasteiger partial charge in [-0.2, -0.15) is 0 Å². The molecule has 22 heteroatoms. The minimum absolute atomic E-state index is 0.0460. The summed E-state index contributed by atoms with van der Waals surface area (Å²) in [5, 5.41) is 26.1. The lowest BCUT2D eigenvalue weighted by Crippen LogP contribution is -2.72. The molecule has 8 atom stereocenters. The number of carboxylic acids is 1. The lowest BCUT2D eigenvalue weighted by molar-refractivity contribution is -0.273. The van der Waals surface area contributed by atoms with Crippen LogP contribution in [-0.2, 0) is 58.0 Å². The van der Waals surface area contributed by atoms with Gasteiger partial charge in [0.1, 0.15) is 34.8 Å². The number of aliphatic hydroxyl groups is 1. The number of unbranched alkanes of at least 4 members (excludes halogenated alkanes) is 1. The number of esters is 2. The molecule has 4 aromatic rings. The maximum Gasteiger partial charge on any atom is 0.330 e. The van der Waals surface area contributed by atoms with Crippen LogP contribution >= 0.6 is 0 Å². The predicted octanol–water partition coefficient (Wildman–Crippen LogP) is 6.69. The highest BCUT2D eigenvalue weighted by molar-refractivity contribution is 6.84. The largest absolute Gasteiger partial charge is 0.497 e. The number of benzene rings is 3. The number of aliphatic carboxylic acids is 1. The molecule has 1 unspecified atom stereocenters. The maximum atomic E-state index is 15.1. The van der Waals surface area contributed by atoms with E-state index < -0.39 is 103 Å². The number of amides is 2. The van der Waals surface area contributed by atoms with E-state index in [-0.39, 0.29) is 80.1 Å². The molecule has 3 heterocycles. The van der Waals surface area contributed by atoms with Crippen molar-refractivity contribution in [1.82, 2.24) is 19.8 Å². The first-order valence-corrected chi connectivity index (χ1v) is 30.2. The zero-order chi connectivity index (χ0) is 60.3. The average Bonchev–Trinajstić information content (AvgIpc) is 3.50. The first-order chi connectivity index (χ1) is 38.8. The number of aromatic nitrogens is 2. The van der Waals surface area contributed by atoms with Crippen LogP contribution in [0.25, 0.3) is 0 Å². The number of aromatic amines is 1. The van der Waals surface area contributed by atoms with Crippen molar-refractivity contribution in [1.29, 1.82) is 0 Å². The van der Waals surface area contributed by atoms with Gasteiger partial charge in [-0.1, -0.05) is 96.1 Å². The molecule has 3 aromatic carbocycles. The molecule has 0 bridgehead atoms. The Morgan fingerprint density at radius 3 is 1.85 bits per heavy atom. The van der Waals surface area contributed by atoms with Gasteiger partial charge in [0.15, 0.2) is 24.7 Å². The highest BCUT2D eigenvalue weighted by atomic mass is 28.3. The topological polar surface area (TPSA) is 270 Å². The Hall–Kier alpha value is -6.69. The number of H-pyrrole nitrogens is 1. The van der Waals surface area contributed by atoms with Gasteiger partial charge in [-0.05, 0) is 83.8 Å². The Balaban J connectivity index is 1.43. The van der Waals surface area contributed by atoms with Gasteiger partial charge in [0.25, 0.3) is 5.56 Å². The Labute approximate surface area is 479 Å². The van der Waals surface area contributed by atoms with Crippen LogP contribution in [0, 0.1) is 6.92 Å². The average molecular weight is 1160 g/mol. The molecule has 6 rings (SSSR count). The molecule has 2 aliphatic heterocycles. The van der Waals surface area contributed by atoms with Gasteiger partial charge >= 0.3 is 23.6 Å². The van der Waals surface area contributed by atoms with Gasteiger partial charge in [-0.15, -0.1) is 0 Å². The zero-order valence-corrected chi connectivity index (χ0v) is 50.1. The van der Waals surface area contributed by atoms with Crippen LogP contribution in [0.15, 0.2) is 94.6 Å². The number of nitrogens with one attached hydrogen (secondary N) is 2. The summed E-state index contributed by atoms with van der Waals surface area (Å²) >= 11 is 0. The molecule has 2 saturated heterocycles. The number of hydrogen-bond acceptors (Lipinski definition) is 16. The molecule has 0 saturated carbocycles. The van der Waals surface area contributed by atoms with Gasteiger partial charge in [0.05, 0.1) is 47.7 Å². The number of methoxy groups -OCH3 is 2. The van der Waals surface area contributed by atoms with E-state index in [0.717, 1.165) is 19.4 Å². The number of carbonyl (C=O) groups is 5. The summed E-state index contributed by atoms with van der Waals surface area (Å²) in [5.74, 6) is -2.37. The van der Waals surface area contributed by atoms with E-state index in [1.165, 1.54) is 17.7 Å². The normalized spacial score (nSPS) is 21.7. The van der Waals surface area contributed by atoms with Crippen LogP contribution in [0.3, 0.4) is 0 Å². The highest BCUT2D eigenvalue weighted by Gasteiger charge is 2.61. The summed E-state index contributed by atoms with van der Waals surface area (Å²) in [6.45, 7) is 17.0. The quantitative estimate of drug-likeness (QED) is 0.0221. The molecule has 448 valence electrons. The van der Waals surface area contributed by atoms with Crippen molar-refractivity contribution < 1.29 is 72.1 Å². The monoisotopic (exact) mass is 1160 g/mol. The van der Waals surface area contributed by atoms with E-state index in [0.29, 0.717) is 22.6 Å². The summed E-state index contributed by atoms with van der Waals surface area (Å²) in [4.78, 5) is 95.1. The van der Waals surface area contributed by atoms with E-state index in [1.807, 2.05) is 78.9 Å². The number of ether oxygens (including phenoxy) is 8. The Morgan fingerprint density at radius 1 is 0.793 bits per heavy atom. The van der Waals surface area contributed by atoms with Crippen molar-refractivity contribution in [3.63, 3.8) is 0 Å². The fourth-order valence-electron chi connectivity index (χ4n) is 12.4. The summed E-state index contributed by atoms with van der Waals surface area (Å²) in [7, 11) is 0.0721. The number of aryl methyl sites for hydroxylation is 1. The van der Waals surface area contributed by atoms with Crippen LogP contribution in [0.4, 0.5) is 0 Å². The third-order valence-electron chi connectivity index (χ3n) is 16.0. The Bertz CT molecular complexity index is 2860. The predicted molar refractivity (Wildman–Crippen MR) is 305 cm³/mol. The van der Waals surface area contributed by atoms with Crippen molar-refractivity contribution in [2.45, 2.75) is 172 Å². The minimum atomic E-state index is -3.09. The van der Waals surface area contributed by atoms with Gasteiger partial charge < -0.3 is 58.3 Å². The number of morpholine rings is 1. The van der Waals surface area contributed by atoms with Gasteiger partial charge in [0, 0.05) is 52.0 Å². The third kappa shape index (κ3) is 14.4. The number of carbonyl (C=O) groups excluding carboxylic acids is 4. The SMILES string of the molecule is COc1ccc(C(OC[C@]2(C(O)[Si](C(C)C)(C(C)C)C(C)C)CN(C(=O)CCCCO[C@@H]3O[C@H](CCC(=O)O)[C@@H](OC(C)=O)[C@H](OC(C)=O)[C@H]3NC(C)=O)C[C@H](n3cc(C)c(=O)[nH]c3=O)O2)(c2ccccc2)c2ccc(OC)cc2)cc1. The molecule has 2 amide bonds. The second-order valence-electron chi connectivity index (χ2n) is 22.2. The van der Waals surface area contributed by atoms with Crippen molar-refractivity contribution in [2.24, 2.45) is 0 Å². The number of carboxylic acid groups (broad SMARTS) is 1. The lowest BCUT2D eigenvalue weighted by atomic mass is 9.79. The van der Waals surface area contributed by atoms with E-state index in [9.17, 15) is 39.0 Å². The van der Waals surface area contributed by atoms with Crippen LogP contribution in [0.2, 0.25) is 16.6 Å². The number of hydrogen-bond donors (Lipinski definition) is 4. The number of aliphatic hydroxyl groups excluding tert-OH is 1. The van der Waals surface area contributed by atoms with Gasteiger partial charge in [-0.25, -0.2) is 4.79 Å². The van der Waals surface area contributed by atoms with Crippen LogP contribution < -0.4 is 26.0 Å². The molecule has 0 aliphatic carbocycles. The van der Waals surface area contributed by atoms with Crippen LogP contribution in [-0.4, -0.2) is 145 Å². The molecular weight excluding hydrogens is 1080 g/mol. The minimum Gasteiger partial charge on any atom is -0.497 e. The summed E-state index contributed by atoms with van der Waals surface area (Å²) < 4.78 is 51.1. The van der Waals surface area contributed by atoms with Crippen molar-refractivity contribution in [3.05, 3.63) is 128 Å². The van der Waals surface area contributed by atoms with Crippen molar-refractivity contribution in [3.8, 4) is 11.5 Å². The summed E-state index contributed by atoms with van der Waals surface area (Å²) in [6, 6.07) is 23.4. The molecular formula is C60H82N4O17Si. The standard InChI is InChI=1S/C60H82N4O17Si/c1-36(2)82(37(3)4,38(5)6)57(72)59(35-77-60(43-18-14-13-15-19-43,44-21-25-46(74-11)26-22-44)45-23-27-47(75-12)28-24-45)34-63(33-50(81-59)64-32-39(7)55(71)62-58(64)73)49(68)20-16-17-31-76-56-52(61-40(8)65)54(79-42(10)67)53(78-41(9)66)48(80-56)29-30-51(69)70/h13-15,18-19,21-28,32,36-38,48,50,52-54,56-57,72H,16-17,20,29-31,33-35H2,1-12H3,(H,61,65)(H,69,70)(H,62,71,73)/t48-,50-,52-,53-,54-,56-,57?,59+/m1/s1. The first-order valence-electron chi connectivity index (χ1n) is 27.9. The van der Waals surface area contributed by atoms with Crippen molar-refractivity contribution in [2.75, 3.05) is 40.5 Å². The Kier molecular flexibility index (Phi) is 22.1. The smallest absolute Gasteiger partial charge is 0.330 e. The lowest BCUT2D eigenvalue weighted by Gasteiger charge is -2.57. The van der Waals surface area contributed by atoms with E-state index >= 15 is 4.79 Å². The zero-order valence-electron chi connectivity index (χ0n) is 49.1. The summed E-state index contributed by atoms with van der Waals surface area (Å²) in [6.07, 6.45) is -5.09. The Morgan fingerprint density at radius 2 is 1.34 bits per heavy atom. The number of nitrogens with zero attached hydrogens (tertiary/aromatic N) is 2. The maximum absolute atomic E-state index is 15.1. The second kappa shape index (κ2) is 28.1. The first kappa shape index (κ1) is 64.5. The fraction of sp³-hybridized carbons (Fsp3) is 0.550. The number of rotatable bonds is 26. The van der Waals surface area contributed by atoms with Crippen molar-refractivity contribution >= 4 is 37.8 Å². The molecule has 2 fully saturated rings. The molecule has 0 spiro atoms. The summed E-state index contributed by atoms with van der Waals surface area (Å²) in [5.41, 5.74) is -3.60. The van der Waals surface area contributed by atoms with Gasteiger partial charge in [-0.3, -0.25) is 38.3 Å². The highest BCUT2D eigenvalue weighted by Crippen LogP contribution is 2.51. The third-order valence-corrected chi connectivity index (χ3v) is 23.5. The molecule has 82 heavy (non-hydrogen) atoms. The second-order valence-corrected chi connectivity index (χ2v) is 28.2. The molecule has 21 nitrogen and oxygen atoms in total. The van der Waals surface area contributed by atoms with Crippen LogP contribution in [0.1, 0.15) is 123 Å². The molecule has 0 radical (unpaired) electrons. The fourth-order valence-corrected chi connectivity index (χ4v) is 19.5. The van der Waals surface area contributed by atoms with Crippen LogP contribution in [0.5, 0.6) is 11.5 Å². The molecule has 2 aliphatic rings. The molecule has 4 N–H and O–H groups in total. The van der Waals surface area contributed by atoms with E-state index in [4.69, 9.17) is 37.9 Å². The molecule has 1 aromatic heterocycles. The van der Waals surface area contributed by atoms with E-state index in [1.54, 1.807) is 26.0 Å². The van der Waals surface area contributed by atoms with Gasteiger partial charge in [0.2, 0.25) is 11.8 Å². The van der Waals surface area contributed by atoms with E-state index in [2.05, 4.69) is 51.8 Å².